The monoisotopic (exact) mass is 210 g/mol. The quantitative estimate of drug-likeness (QED) is 0.759. The van der Waals surface area contributed by atoms with Gasteiger partial charge < -0.3 is 15.2 Å². The number of hydrogen-bond donors (Lipinski definition) is 2. The number of anilines is 1. The Morgan fingerprint density at radius 1 is 1.60 bits per heavy atom. The third-order valence-electron chi connectivity index (χ3n) is 2.30. The smallest absolute Gasteiger partial charge is 0.322 e. The van der Waals surface area contributed by atoms with E-state index < -0.39 is 0 Å². The van der Waals surface area contributed by atoms with E-state index >= 15 is 0 Å². The van der Waals surface area contributed by atoms with Gasteiger partial charge in [0, 0.05) is 12.5 Å². The number of nitrogens with one attached hydrogen (secondary N) is 2. The lowest BCUT2D eigenvalue weighted by Gasteiger charge is -2.05. The van der Waals surface area contributed by atoms with E-state index in [-0.39, 0.29) is 17.9 Å². The standard InChI is InChI=1S/C9H14N4O2/c1-5(2)7-12-9(15-13-7)11-6-3-4-10-8(6)14/h5-6H,3-4H2,1-2H3,(H,10,14)(H,11,12,13). The lowest BCUT2D eigenvalue weighted by Crippen LogP contribution is -2.29. The Bertz CT molecular complexity index is 361. The molecule has 1 unspecified atom stereocenters. The Kier molecular flexibility index (Phi) is 2.57. The van der Waals surface area contributed by atoms with E-state index in [1.807, 2.05) is 13.8 Å². The second-order valence-electron chi connectivity index (χ2n) is 3.89. The SMILES string of the molecule is CC(C)c1noc(NC2CCNC2=O)n1. The van der Waals surface area contributed by atoms with E-state index in [1.165, 1.54) is 0 Å². The van der Waals surface area contributed by atoms with Crippen LogP contribution in [0.5, 0.6) is 0 Å². The molecule has 6 heteroatoms. The Morgan fingerprint density at radius 3 is 2.93 bits per heavy atom. The van der Waals surface area contributed by atoms with E-state index in [2.05, 4.69) is 20.8 Å². The second-order valence-corrected chi connectivity index (χ2v) is 3.89. The van der Waals surface area contributed by atoms with Gasteiger partial charge in [-0.15, -0.1) is 0 Å². The molecule has 1 aliphatic heterocycles. The molecule has 1 amide bonds. The molecule has 82 valence electrons. The highest BCUT2D eigenvalue weighted by Crippen LogP contribution is 2.14. The molecule has 0 spiro atoms. The Morgan fingerprint density at radius 2 is 2.40 bits per heavy atom. The summed E-state index contributed by atoms with van der Waals surface area (Å²) < 4.78 is 4.98. The van der Waals surface area contributed by atoms with E-state index in [0.29, 0.717) is 18.4 Å². The van der Waals surface area contributed by atoms with E-state index in [0.717, 1.165) is 6.42 Å². The van der Waals surface area contributed by atoms with Gasteiger partial charge in [0.2, 0.25) is 5.91 Å². The first-order valence-corrected chi connectivity index (χ1v) is 5.04. The summed E-state index contributed by atoms with van der Waals surface area (Å²) in [6.07, 6.45) is 0.748. The maximum atomic E-state index is 11.3. The Balaban J connectivity index is 2.01. The summed E-state index contributed by atoms with van der Waals surface area (Å²) in [6.45, 7) is 4.66. The number of amides is 1. The van der Waals surface area contributed by atoms with Gasteiger partial charge in [0.15, 0.2) is 5.82 Å². The first-order valence-electron chi connectivity index (χ1n) is 5.04. The minimum atomic E-state index is -0.245. The summed E-state index contributed by atoms with van der Waals surface area (Å²) in [4.78, 5) is 15.4. The number of carbonyl (C=O) groups excluding carboxylic acids is 1. The molecule has 1 saturated heterocycles. The topological polar surface area (TPSA) is 80.0 Å². The lowest BCUT2D eigenvalue weighted by atomic mass is 10.2. The molecule has 1 fully saturated rings. The predicted molar refractivity (Wildman–Crippen MR) is 53.4 cm³/mol. The van der Waals surface area contributed by atoms with Crippen molar-refractivity contribution in [2.45, 2.75) is 32.2 Å². The van der Waals surface area contributed by atoms with Gasteiger partial charge >= 0.3 is 6.01 Å². The molecule has 15 heavy (non-hydrogen) atoms. The van der Waals surface area contributed by atoms with Crippen molar-refractivity contribution in [3.8, 4) is 0 Å². The summed E-state index contributed by atoms with van der Waals surface area (Å²) in [5.74, 6) is 0.858. The number of hydrogen-bond acceptors (Lipinski definition) is 5. The van der Waals surface area contributed by atoms with Crippen molar-refractivity contribution in [1.82, 2.24) is 15.5 Å². The van der Waals surface area contributed by atoms with Gasteiger partial charge in [-0.25, -0.2) is 0 Å². The molecule has 2 heterocycles. The van der Waals surface area contributed by atoms with Crippen molar-refractivity contribution >= 4 is 11.9 Å². The van der Waals surface area contributed by atoms with Crippen LogP contribution in [-0.2, 0) is 4.79 Å². The van der Waals surface area contributed by atoms with Crippen LogP contribution in [0.4, 0.5) is 6.01 Å². The zero-order valence-corrected chi connectivity index (χ0v) is 8.78. The van der Waals surface area contributed by atoms with Gasteiger partial charge in [0.05, 0.1) is 0 Å². The fraction of sp³-hybridized carbons (Fsp3) is 0.667. The van der Waals surface area contributed by atoms with Crippen molar-refractivity contribution in [2.24, 2.45) is 0 Å². The molecule has 0 radical (unpaired) electrons. The van der Waals surface area contributed by atoms with Crippen LogP contribution in [0.3, 0.4) is 0 Å². The van der Waals surface area contributed by atoms with Crippen LogP contribution in [0.1, 0.15) is 32.0 Å². The number of aromatic nitrogens is 2. The third kappa shape index (κ3) is 2.08. The first-order chi connectivity index (χ1) is 7.16. The molecule has 0 saturated carbocycles. The first kappa shape index (κ1) is 9.95. The third-order valence-corrected chi connectivity index (χ3v) is 2.30. The molecule has 0 aliphatic carbocycles. The Labute approximate surface area is 87.4 Å². The molecular formula is C9H14N4O2. The molecule has 1 atom stereocenters. The molecule has 1 aliphatic rings. The maximum Gasteiger partial charge on any atom is 0.322 e. The summed E-state index contributed by atoms with van der Waals surface area (Å²) in [5, 5.41) is 9.44. The molecule has 1 aromatic rings. The highest BCUT2D eigenvalue weighted by atomic mass is 16.5. The van der Waals surface area contributed by atoms with E-state index in [9.17, 15) is 4.79 Å². The molecule has 2 N–H and O–H groups in total. The second kappa shape index (κ2) is 3.88. The minimum absolute atomic E-state index is 0.0145. The fourth-order valence-corrected chi connectivity index (χ4v) is 1.41. The molecule has 0 aromatic carbocycles. The normalized spacial score (nSPS) is 20.7. The van der Waals surface area contributed by atoms with Crippen LogP contribution >= 0.6 is 0 Å². The molecule has 6 nitrogen and oxygen atoms in total. The maximum absolute atomic E-state index is 11.3. The van der Waals surface area contributed by atoms with Gasteiger partial charge in [-0.05, 0) is 6.42 Å². The highest BCUT2D eigenvalue weighted by molar-refractivity contribution is 5.85. The number of nitrogens with zero attached hydrogens (tertiary/aromatic N) is 2. The highest BCUT2D eigenvalue weighted by Gasteiger charge is 2.25. The van der Waals surface area contributed by atoms with Crippen LogP contribution in [-0.4, -0.2) is 28.6 Å². The summed E-state index contributed by atoms with van der Waals surface area (Å²) in [7, 11) is 0. The average molecular weight is 210 g/mol. The van der Waals surface area contributed by atoms with Crippen molar-refractivity contribution in [3.63, 3.8) is 0 Å². The largest absolute Gasteiger partial charge is 0.354 e. The van der Waals surface area contributed by atoms with Gasteiger partial charge in [-0.2, -0.15) is 4.98 Å². The summed E-state index contributed by atoms with van der Waals surface area (Å²) in [5.41, 5.74) is 0. The van der Waals surface area contributed by atoms with Crippen LogP contribution < -0.4 is 10.6 Å². The molecule has 0 bridgehead atoms. The zero-order valence-electron chi connectivity index (χ0n) is 8.78. The van der Waals surface area contributed by atoms with Crippen molar-refractivity contribution in [1.29, 1.82) is 0 Å². The molecular weight excluding hydrogens is 196 g/mol. The average Bonchev–Trinajstić information content (AvgIpc) is 2.77. The van der Waals surface area contributed by atoms with Gasteiger partial charge in [-0.1, -0.05) is 19.0 Å². The summed E-state index contributed by atoms with van der Waals surface area (Å²) >= 11 is 0. The van der Waals surface area contributed by atoms with E-state index in [1.54, 1.807) is 0 Å². The van der Waals surface area contributed by atoms with Gasteiger partial charge in [-0.3, -0.25) is 4.79 Å². The van der Waals surface area contributed by atoms with Crippen LogP contribution in [0.15, 0.2) is 4.52 Å². The molecule has 1 aromatic heterocycles. The van der Waals surface area contributed by atoms with Gasteiger partial charge in [0.25, 0.3) is 0 Å². The number of rotatable bonds is 3. The lowest BCUT2D eigenvalue weighted by molar-refractivity contribution is -0.119. The molecule has 2 rings (SSSR count). The van der Waals surface area contributed by atoms with Crippen molar-refractivity contribution in [2.75, 3.05) is 11.9 Å². The Hall–Kier alpha value is -1.59. The van der Waals surface area contributed by atoms with E-state index in [4.69, 9.17) is 4.52 Å². The fourth-order valence-electron chi connectivity index (χ4n) is 1.41. The number of carbonyl (C=O) groups is 1. The minimum Gasteiger partial charge on any atom is -0.354 e. The van der Waals surface area contributed by atoms with Crippen LogP contribution in [0.25, 0.3) is 0 Å². The van der Waals surface area contributed by atoms with Crippen LogP contribution in [0, 0.1) is 0 Å². The van der Waals surface area contributed by atoms with Crippen molar-refractivity contribution < 1.29 is 9.32 Å². The zero-order chi connectivity index (χ0) is 10.8. The predicted octanol–water partition coefficient (Wildman–Crippen LogP) is 0.493. The van der Waals surface area contributed by atoms with Crippen LogP contribution in [0.2, 0.25) is 0 Å². The van der Waals surface area contributed by atoms with Gasteiger partial charge in [0.1, 0.15) is 6.04 Å². The van der Waals surface area contributed by atoms with Crippen molar-refractivity contribution in [3.05, 3.63) is 5.82 Å². The summed E-state index contributed by atoms with van der Waals surface area (Å²) in [6, 6.07) is 0.0752.